The van der Waals surface area contributed by atoms with Crippen LogP contribution in [0.4, 0.5) is 5.69 Å². The Morgan fingerprint density at radius 1 is 1.38 bits per heavy atom. The van der Waals surface area contributed by atoms with Crippen molar-refractivity contribution in [1.82, 2.24) is 9.78 Å². The number of rotatable bonds is 3. The molecule has 0 fully saturated rings. The molecule has 0 saturated heterocycles. The summed E-state index contributed by atoms with van der Waals surface area (Å²) >= 11 is 0. The Labute approximate surface area is 121 Å². The molecule has 1 unspecified atom stereocenters. The minimum absolute atomic E-state index is 0.0471. The van der Waals surface area contributed by atoms with Crippen LogP contribution in [-0.4, -0.2) is 35.8 Å². The average Bonchev–Trinajstić information content (AvgIpc) is 3.02. The Morgan fingerprint density at radius 3 is 2.71 bits per heavy atom. The SMILES string of the molecule is Cn1cc(S(=O)(=O)N2CC(C(=O)O)c3ccccc32)cn1. The molecule has 2 aromatic rings. The number of nitrogens with zero attached hydrogens (tertiary/aromatic N) is 3. The van der Waals surface area contributed by atoms with Crippen LogP contribution in [-0.2, 0) is 21.9 Å². The standard InChI is InChI=1S/C13H13N3O4S/c1-15-7-9(6-14-15)21(19,20)16-8-11(13(17)18)10-4-2-3-5-12(10)16/h2-7,11H,8H2,1H3,(H,17,18). The highest BCUT2D eigenvalue weighted by Gasteiger charge is 2.40. The van der Waals surface area contributed by atoms with Crippen LogP contribution in [0.5, 0.6) is 0 Å². The van der Waals surface area contributed by atoms with Crippen molar-refractivity contribution in [3.63, 3.8) is 0 Å². The summed E-state index contributed by atoms with van der Waals surface area (Å²) in [7, 11) is -2.19. The zero-order valence-corrected chi connectivity index (χ0v) is 12.0. The summed E-state index contributed by atoms with van der Waals surface area (Å²) in [4.78, 5) is 11.4. The first-order chi connectivity index (χ1) is 9.91. The third kappa shape index (κ3) is 2.07. The molecular weight excluding hydrogens is 294 g/mol. The zero-order chi connectivity index (χ0) is 15.2. The summed E-state index contributed by atoms with van der Waals surface area (Å²) in [6.45, 7) is -0.105. The van der Waals surface area contributed by atoms with Crippen molar-refractivity contribution in [1.29, 1.82) is 0 Å². The lowest BCUT2D eigenvalue weighted by molar-refractivity contribution is -0.138. The van der Waals surface area contributed by atoms with E-state index < -0.39 is 21.9 Å². The van der Waals surface area contributed by atoms with Crippen LogP contribution in [0.15, 0.2) is 41.6 Å². The average molecular weight is 307 g/mol. The summed E-state index contributed by atoms with van der Waals surface area (Å²) in [6.07, 6.45) is 2.65. The molecule has 1 aliphatic rings. The molecule has 1 aromatic carbocycles. The number of aliphatic carboxylic acids is 1. The molecule has 0 amide bonds. The molecule has 1 aromatic heterocycles. The van der Waals surface area contributed by atoms with Gasteiger partial charge in [0.2, 0.25) is 0 Å². The number of aromatic nitrogens is 2. The maximum absolute atomic E-state index is 12.7. The number of sulfonamides is 1. The molecule has 7 nitrogen and oxygen atoms in total. The lowest BCUT2D eigenvalue weighted by Gasteiger charge is -2.18. The molecule has 0 aliphatic carbocycles. The predicted molar refractivity (Wildman–Crippen MR) is 74.6 cm³/mol. The van der Waals surface area contributed by atoms with E-state index in [0.29, 0.717) is 11.3 Å². The highest BCUT2D eigenvalue weighted by atomic mass is 32.2. The van der Waals surface area contributed by atoms with Crippen molar-refractivity contribution in [2.24, 2.45) is 7.05 Å². The molecule has 8 heteroatoms. The molecule has 21 heavy (non-hydrogen) atoms. The Hall–Kier alpha value is -2.35. The Balaban J connectivity index is 2.10. The third-order valence-electron chi connectivity index (χ3n) is 3.50. The number of fused-ring (bicyclic) bond motifs is 1. The number of hydrogen-bond acceptors (Lipinski definition) is 4. The molecule has 1 aliphatic heterocycles. The van der Waals surface area contributed by atoms with Gasteiger partial charge in [0.05, 0.1) is 18.4 Å². The van der Waals surface area contributed by atoms with Crippen LogP contribution >= 0.6 is 0 Å². The first-order valence-electron chi connectivity index (χ1n) is 6.24. The highest BCUT2D eigenvalue weighted by Crippen LogP contribution is 2.39. The highest BCUT2D eigenvalue weighted by molar-refractivity contribution is 7.92. The molecule has 1 N–H and O–H groups in total. The van der Waals surface area contributed by atoms with Crippen molar-refractivity contribution in [3.8, 4) is 0 Å². The fourth-order valence-corrected chi connectivity index (χ4v) is 3.96. The first kappa shape index (κ1) is 13.6. The van der Waals surface area contributed by atoms with E-state index in [0.717, 1.165) is 4.31 Å². The molecule has 0 bridgehead atoms. The molecule has 0 spiro atoms. The van der Waals surface area contributed by atoms with E-state index in [1.54, 1.807) is 31.3 Å². The van der Waals surface area contributed by atoms with E-state index in [9.17, 15) is 18.3 Å². The van der Waals surface area contributed by atoms with Gasteiger partial charge in [0, 0.05) is 13.2 Å². The Morgan fingerprint density at radius 2 is 2.10 bits per heavy atom. The normalized spacial score (nSPS) is 17.8. The van der Waals surface area contributed by atoms with Crippen molar-refractivity contribution in [2.75, 3.05) is 10.8 Å². The van der Waals surface area contributed by atoms with E-state index >= 15 is 0 Å². The minimum Gasteiger partial charge on any atom is -0.481 e. The van der Waals surface area contributed by atoms with Gasteiger partial charge >= 0.3 is 5.97 Å². The van der Waals surface area contributed by atoms with E-state index in [2.05, 4.69) is 5.10 Å². The zero-order valence-electron chi connectivity index (χ0n) is 11.2. The number of para-hydroxylation sites is 1. The van der Waals surface area contributed by atoms with Crippen molar-refractivity contribution < 1.29 is 18.3 Å². The van der Waals surface area contributed by atoms with Gasteiger partial charge in [-0.25, -0.2) is 8.42 Å². The van der Waals surface area contributed by atoms with E-state index in [4.69, 9.17) is 0 Å². The maximum atomic E-state index is 12.7. The van der Waals surface area contributed by atoms with Gasteiger partial charge in [-0.3, -0.25) is 13.8 Å². The number of carboxylic acids is 1. The Bertz CT molecular complexity index is 812. The minimum atomic E-state index is -3.81. The number of anilines is 1. The summed E-state index contributed by atoms with van der Waals surface area (Å²) in [6, 6.07) is 6.66. The first-order valence-corrected chi connectivity index (χ1v) is 7.68. The van der Waals surface area contributed by atoms with Gasteiger partial charge in [0.1, 0.15) is 10.8 Å². The van der Waals surface area contributed by atoms with Gasteiger partial charge in [-0.15, -0.1) is 0 Å². The van der Waals surface area contributed by atoms with Crippen LogP contribution in [0.2, 0.25) is 0 Å². The second kappa shape index (κ2) is 4.59. The van der Waals surface area contributed by atoms with Crippen molar-refractivity contribution in [2.45, 2.75) is 10.8 Å². The second-order valence-electron chi connectivity index (χ2n) is 4.84. The molecule has 1 atom stereocenters. The fourth-order valence-electron chi connectivity index (χ4n) is 2.47. The molecule has 0 saturated carbocycles. The summed E-state index contributed by atoms with van der Waals surface area (Å²) < 4.78 is 27.8. The second-order valence-corrected chi connectivity index (χ2v) is 6.70. The summed E-state index contributed by atoms with van der Waals surface area (Å²) in [5.41, 5.74) is 0.922. The van der Waals surface area contributed by atoms with Crippen LogP contribution in [0.25, 0.3) is 0 Å². The van der Waals surface area contributed by atoms with E-state index in [1.807, 2.05) is 0 Å². The van der Waals surface area contributed by atoms with Crippen LogP contribution in [0, 0.1) is 0 Å². The summed E-state index contributed by atoms with van der Waals surface area (Å²) in [5.74, 6) is -1.89. The number of hydrogen-bond donors (Lipinski definition) is 1. The number of aryl methyl sites for hydroxylation is 1. The number of carbonyl (C=O) groups is 1. The lowest BCUT2D eigenvalue weighted by atomic mass is 10.0. The molecule has 110 valence electrons. The van der Waals surface area contributed by atoms with Gasteiger partial charge in [0.25, 0.3) is 10.0 Å². The van der Waals surface area contributed by atoms with Gasteiger partial charge in [-0.2, -0.15) is 5.10 Å². The fraction of sp³-hybridized carbons (Fsp3) is 0.231. The molecule has 3 rings (SSSR count). The maximum Gasteiger partial charge on any atom is 0.312 e. The summed E-state index contributed by atoms with van der Waals surface area (Å²) in [5, 5.41) is 13.1. The van der Waals surface area contributed by atoms with Crippen molar-refractivity contribution in [3.05, 3.63) is 42.2 Å². The van der Waals surface area contributed by atoms with Crippen LogP contribution in [0.3, 0.4) is 0 Å². The molecule has 0 radical (unpaired) electrons. The van der Waals surface area contributed by atoms with E-state index in [1.165, 1.54) is 17.1 Å². The lowest BCUT2D eigenvalue weighted by Crippen LogP contribution is -2.31. The number of carboxylic acid groups (broad SMARTS) is 1. The number of benzene rings is 1. The van der Waals surface area contributed by atoms with E-state index in [-0.39, 0.29) is 11.4 Å². The van der Waals surface area contributed by atoms with Gasteiger partial charge in [-0.05, 0) is 11.6 Å². The smallest absolute Gasteiger partial charge is 0.312 e. The van der Waals surface area contributed by atoms with Gasteiger partial charge in [0.15, 0.2) is 0 Å². The van der Waals surface area contributed by atoms with Gasteiger partial charge < -0.3 is 5.11 Å². The van der Waals surface area contributed by atoms with Gasteiger partial charge in [-0.1, -0.05) is 18.2 Å². The largest absolute Gasteiger partial charge is 0.481 e. The third-order valence-corrected chi connectivity index (χ3v) is 5.23. The molecular formula is C13H13N3O4S. The van der Waals surface area contributed by atoms with Crippen LogP contribution < -0.4 is 4.31 Å². The van der Waals surface area contributed by atoms with Crippen LogP contribution in [0.1, 0.15) is 11.5 Å². The Kier molecular flexibility index (Phi) is 2.98. The predicted octanol–water partition coefficient (Wildman–Crippen LogP) is 0.797. The topological polar surface area (TPSA) is 92.5 Å². The monoisotopic (exact) mass is 307 g/mol. The molecule has 2 heterocycles. The van der Waals surface area contributed by atoms with Crippen molar-refractivity contribution >= 4 is 21.7 Å². The quantitative estimate of drug-likeness (QED) is 0.905.